The van der Waals surface area contributed by atoms with Crippen LogP contribution in [0.5, 0.6) is 5.75 Å². The van der Waals surface area contributed by atoms with Gasteiger partial charge >= 0.3 is 0 Å². The summed E-state index contributed by atoms with van der Waals surface area (Å²) in [4.78, 5) is 11.9. The second kappa shape index (κ2) is 8.77. The number of aromatic nitrogens is 3. The number of rotatable bonds is 8. The average molecular weight is 393 g/mol. The molecule has 0 bridgehead atoms. The number of carbonyl (C=O) groups excluding carboxylic acids is 1. The smallest absolute Gasteiger partial charge is 0.230 e. The second-order valence-electron chi connectivity index (χ2n) is 5.32. The van der Waals surface area contributed by atoms with Crippen molar-refractivity contribution in [3.8, 4) is 5.75 Å². The van der Waals surface area contributed by atoms with Gasteiger partial charge in [0, 0.05) is 7.05 Å². The van der Waals surface area contributed by atoms with Crippen molar-refractivity contribution in [1.29, 1.82) is 0 Å². The molecule has 136 valence electrons. The first kappa shape index (κ1) is 18.3. The fourth-order valence-electron chi connectivity index (χ4n) is 2.08. The van der Waals surface area contributed by atoms with Gasteiger partial charge in [-0.2, -0.15) is 0 Å². The number of carbonyl (C=O) groups is 1. The Bertz CT molecular complexity index is 867. The molecule has 26 heavy (non-hydrogen) atoms. The summed E-state index contributed by atoms with van der Waals surface area (Å²) in [5.74, 6) is 2.06. The highest BCUT2D eigenvalue weighted by atomic mass is 35.5. The van der Waals surface area contributed by atoms with Gasteiger partial charge in [0.05, 0.1) is 23.6 Å². The summed E-state index contributed by atoms with van der Waals surface area (Å²) >= 11 is 7.37. The first-order chi connectivity index (χ1) is 12.6. The van der Waals surface area contributed by atoms with Crippen LogP contribution in [0.25, 0.3) is 0 Å². The minimum Gasteiger partial charge on any atom is -0.484 e. The van der Waals surface area contributed by atoms with Crippen LogP contribution in [0.3, 0.4) is 0 Å². The molecule has 2 aromatic heterocycles. The Morgan fingerprint density at radius 1 is 1.31 bits per heavy atom. The molecule has 0 unspecified atom stereocenters. The summed E-state index contributed by atoms with van der Waals surface area (Å²) < 4.78 is 12.6. The van der Waals surface area contributed by atoms with Gasteiger partial charge in [0.25, 0.3) is 0 Å². The summed E-state index contributed by atoms with van der Waals surface area (Å²) in [6, 6.07) is 10.8. The molecule has 1 amide bonds. The number of nitrogens with zero attached hydrogens (tertiary/aromatic N) is 3. The van der Waals surface area contributed by atoms with Gasteiger partial charge in [0.1, 0.15) is 18.1 Å². The van der Waals surface area contributed by atoms with E-state index < -0.39 is 0 Å². The molecule has 0 fully saturated rings. The quantitative estimate of drug-likeness (QED) is 0.593. The van der Waals surface area contributed by atoms with Gasteiger partial charge in [-0.3, -0.25) is 4.79 Å². The topological polar surface area (TPSA) is 82.2 Å². The van der Waals surface area contributed by atoms with Gasteiger partial charge in [-0.25, -0.2) is 0 Å². The molecule has 2 heterocycles. The zero-order valence-electron chi connectivity index (χ0n) is 14.0. The van der Waals surface area contributed by atoms with E-state index in [1.807, 2.05) is 19.2 Å². The van der Waals surface area contributed by atoms with E-state index in [0.717, 1.165) is 0 Å². The largest absolute Gasteiger partial charge is 0.484 e. The molecule has 1 N–H and O–H groups in total. The van der Waals surface area contributed by atoms with Crippen LogP contribution >= 0.6 is 23.4 Å². The van der Waals surface area contributed by atoms with E-state index in [4.69, 9.17) is 20.8 Å². The van der Waals surface area contributed by atoms with Crippen LogP contribution in [-0.2, 0) is 25.0 Å². The molecule has 0 spiro atoms. The van der Waals surface area contributed by atoms with Crippen molar-refractivity contribution >= 4 is 29.3 Å². The van der Waals surface area contributed by atoms with E-state index in [9.17, 15) is 4.79 Å². The predicted molar refractivity (Wildman–Crippen MR) is 98.1 cm³/mol. The Hall–Kier alpha value is -2.45. The van der Waals surface area contributed by atoms with Crippen LogP contribution in [0.2, 0.25) is 5.02 Å². The molecule has 0 aliphatic rings. The van der Waals surface area contributed by atoms with E-state index in [1.54, 1.807) is 35.1 Å². The Labute approximate surface area is 159 Å². The molecule has 0 saturated heterocycles. The van der Waals surface area contributed by atoms with E-state index in [0.29, 0.717) is 34.1 Å². The molecule has 0 saturated carbocycles. The molecule has 0 aliphatic heterocycles. The SMILES string of the molecule is Cn1c(COc2ccccc2Cl)nnc1SCC(=O)NCc1ccco1. The van der Waals surface area contributed by atoms with E-state index in [1.165, 1.54) is 11.8 Å². The van der Waals surface area contributed by atoms with Gasteiger partial charge in [-0.1, -0.05) is 35.5 Å². The maximum atomic E-state index is 11.9. The lowest BCUT2D eigenvalue weighted by Crippen LogP contribution is -2.24. The summed E-state index contributed by atoms with van der Waals surface area (Å²) in [6.07, 6.45) is 1.57. The number of para-hydroxylation sites is 1. The lowest BCUT2D eigenvalue weighted by atomic mass is 10.3. The molecule has 0 radical (unpaired) electrons. The highest BCUT2D eigenvalue weighted by Crippen LogP contribution is 2.24. The van der Waals surface area contributed by atoms with Crippen LogP contribution in [0.1, 0.15) is 11.6 Å². The monoisotopic (exact) mass is 392 g/mol. The zero-order valence-corrected chi connectivity index (χ0v) is 15.6. The fourth-order valence-corrected chi connectivity index (χ4v) is 3.03. The minimum absolute atomic E-state index is 0.108. The van der Waals surface area contributed by atoms with Crippen molar-refractivity contribution in [1.82, 2.24) is 20.1 Å². The minimum atomic E-state index is -0.108. The Morgan fingerprint density at radius 3 is 2.92 bits per heavy atom. The van der Waals surface area contributed by atoms with Crippen LogP contribution in [0.4, 0.5) is 0 Å². The Balaban J connectivity index is 1.49. The highest BCUT2D eigenvalue weighted by Gasteiger charge is 2.12. The van der Waals surface area contributed by atoms with Crippen molar-refractivity contribution in [2.24, 2.45) is 7.05 Å². The van der Waals surface area contributed by atoms with E-state index in [2.05, 4.69) is 15.5 Å². The third-order valence-corrected chi connectivity index (χ3v) is 4.82. The molecule has 9 heteroatoms. The lowest BCUT2D eigenvalue weighted by Gasteiger charge is -2.08. The third-order valence-electron chi connectivity index (χ3n) is 3.49. The van der Waals surface area contributed by atoms with Gasteiger partial charge in [-0.05, 0) is 24.3 Å². The molecule has 0 aliphatic carbocycles. The fraction of sp³-hybridized carbons (Fsp3) is 0.235. The maximum Gasteiger partial charge on any atom is 0.230 e. The van der Waals surface area contributed by atoms with Crippen molar-refractivity contribution in [2.75, 3.05) is 5.75 Å². The molecule has 7 nitrogen and oxygen atoms in total. The highest BCUT2D eigenvalue weighted by molar-refractivity contribution is 7.99. The summed E-state index contributed by atoms with van der Waals surface area (Å²) in [5.41, 5.74) is 0. The Kier molecular flexibility index (Phi) is 6.19. The van der Waals surface area contributed by atoms with Crippen molar-refractivity contribution < 1.29 is 13.9 Å². The number of nitrogens with one attached hydrogen (secondary N) is 1. The maximum absolute atomic E-state index is 11.9. The standard InChI is InChI=1S/C17H17ClN4O3S/c1-22-15(10-25-14-7-3-2-6-13(14)18)20-21-17(22)26-11-16(23)19-9-12-5-4-8-24-12/h2-8H,9-11H2,1H3,(H,19,23). The van der Waals surface area contributed by atoms with Gasteiger partial charge < -0.3 is 19.0 Å². The van der Waals surface area contributed by atoms with Crippen molar-refractivity contribution in [3.05, 3.63) is 59.3 Å². The zero-order chi connectivity index (χ0) is 18.4. The van der Waals surface area contributed by atoms with Gasteiger partial charge in [0.15, 0.2) is 11.0 Å². The number of amides is 1. The van der Waals surface area contributed by atoms with Crippen LogP contribution in [0.15, 0.2) is 52.2 Å². The number of benzene rings is 1. The normalized spacial score (nSPS) is 10.7. The lowest BCUT2D eigenvalue weighted by molar-refractivity contribution is -0.118. The number of halogens is 1. The van der Waals surface area contributed by atoms with Crippen LogP contribution in [-0.4, -0.2) is 26.4 Å². The van der Waals surface area contributed by atoms with Crippen molar-refractivity contribution in [3.63, 3.8) is 0 Å². The predicted octanol–water partition coefficient (Wildman–Crippen LogP) is 3.05. The second-order valence-corrected chi connectivity index (χ2v) is 6.67. The third kappa shape index (κ3) is 4.80. The van der Waals surface area contributed by atoms with Crippen molar-refractivity contribution in [2.45, 2.75) is 18.3 Å². The van der Waals surface area contributed by atoms with Crippen LogP contribution < -0.4 is 10.1 Å². The molecular weight excluding hydrogens is 376 g/mol. The number of hydrogen-bond donors (Lipinski definition) is 1. The summed E-state index contributed by atoms with van der Waals surface area (Å²) in [7, 11) is 1.83. The average Bonchev–Trinajstić information content (AvgIpc) is 3.28. The molecular formula is C17H17ClN4O3S. The molecule has 1 aromatic carbocycles. The Morgan fingerprint density at radius 2 is 2.15 bits per heavy atom. The molecule has 0 atom stereocenters. The molecule has 3 aromatic rings. The van der Waals surface area contributed by atoms with Gasteiger partial charge in [0.2, 0.25) is 5.91 Å². The summed E-state index contributed by atoms with van der Waals surface area (Å²) in [5, 5.41) is 12.2. The number of furan rings is 1. The summed E-state index contributed by atoms with van der Waals surface area (Å²) in [6.45, 7) is 0.598. The van der Waals surface area contributed by atoms with Crippen LogP contribution in [0, 0.1) is 0 Å². The molecule has 3 rings (SSSR count). The number of hydrogen-bond acceptors (Lipinski definition) is 6. The number of thioether (sulfide) groups is 1. The van der Waals surface area contributed by atoms with Gasteiger partial charge in [-0.15, -0.1) is 10.2 Å². The number of ether oxygens (including phenoxy) is 1. The first-order valence-corrected chi connectivity index (χ1v) is 9.17. The first-order valence-electron chi connectivity index (χ1n) is 7.81. The van der Waals surface area contributed by atoms with E-state index >= 15 is 0 Å². The van der Waals surface area contributed by atoms with E-state index in [-0.39, 0.29) is 18.3 Å².